The van der Waals surface area contributed by atoms with E-state index in [9.17, 15) is 4.79 Å². The van der Waals surface area contributed by atoms with Crippen LogP contribution in [0.5, 0.6) is 0 Å². The summed E-state index contributed by atoms with van der Waals surface area (Å²) in [6.45, 7) is 2.03. The smallest absolute Gasteiger partial charge is 0.283 e. The van der Waals surface area contributed by atoms with Crippen molar-refractivity contribution < 1.29 is 9.63 Å². The minimum atomic E-state index is -0.316. The first-order valence-electron chi connectivity index (χ1n) is 5.51. The van der Waals surface area contributed by atoms with Crippen molar-refractivity contribution in [3.8, 4) is 0 Å². The maximum absolute atomic E-state index is 11.8. The Hall–Kier alpha value is -1.74. The lowest BCUT2D eigenvalue weighted by molar-refractivity contribution is 0.266. The highest BCUT2D eigenvalue weighted by atomic mass is 79.9. The molecule has 2 aromatic rings. The average molecular weight is 330 g/mol. The first kappa shape index (κ1) is 13.7. The fourth-order valence-corrected chi connectivity index (χ4v) is 1.88. The molecule has 0 amide bonds. The second kappa shape index (κ2) is 5.93. The molecule has 9 heteroatoms. The summed E-state index contributed by atoms with van der Waals surface area (Å²) in [6, 6.07) is 0. The van der Waals surface area contributed by atoms with Gasteiger partial charge in [-0.3, -0.25) is 4.79 Å². The Labute approximate surface area is 116 Å². The van der Waals surface area contributed by atoms with Crippen LogP contribution in [-0.2, 0) is 13.1 Å². The second-order valence-electron chi connectivity index (χ2n) is 3.71. The molecule has 102 valence electrons. The summed E-state index contributed by atoms with van der Waals surface area (Å²) in [6.07, 6.45) is 1.49. The Kier molecular flexibility index (Phi) is 4.27. The van der Waals surface area contributed by atoms with Crippen LogP contribution in [0.25, 0.3) is 0 Å². The lowest BCUT2D eigenvalue weighted by Gasteiger charge is -2.08. The first-order chi connectivity index (χ1) is 9.11. The number of aromatic nitrogens is 4. The van der Waals surface area contributed by atoms with Gasteiger partial charge in [0.05, 0.1) is 31.6 Å². The molecular weight excluding hydrogens is 318 g/mol. The van der Waals surface area contributed by atoms with E-state index in [4.69, 9.17) is 9.63 Å². The van der Waals surface area contributed by atoms with Gasteiger partial charge in [0.15, 0.2) is 5.82 Å². The first-order valence-corrected chi connectivity index (χ1v) is 6.30. The SMILES string of the molecule is Cc1nc(CNc2cnn(CCO)c(=O)c2Br)no1. The van der Waals surface area contributed by atoms with Gasteiger partial charge in [-0.05, 0) is 15.9 Å². The molecule has 0 bridgehead atoms. The highest BCUT2D eigenvalue weighted by Gasteiger charge is 2.09. The minimum Gasteiger partial charge on any atom is -0.394 e. The molecule has 0 aliphatic rings. The summed E-state index contributed by atoms with van der Waals surface area (Å²) >= 11 is 3.20. The van der Waals surface area contributed by atoms with Crippen LogP contribution in [-0.4, -0.2) is 31.6 Å². The Morgan fingerprint density at radius 2 is 2.37 bits per heavy atom. The van der Waals surface area contributed by atoms with E-state index in [0.29, 0.717) is 28.4 Å². The van der Waals surface area contributed by atoms with Crippen molar-refractivity contribution >= 4 is 21.6 Å². The second-order valence-corrected chi connectivity index (χ2v) is 4.50. The number of halogens is 1. The molecule has 2 rings (SSSR count). The van der Waals surface area contributed by atoms with Gasteiger partial charge in [-0.15, -0.1) is 0 Å². The quantitative estimate of drug-likeness (QED) is 0.812. The number of anilines is 1. The zero-order valence-electron chi connectivity index (χ0n) is 10.1. The zero-order chi connectivity index (χ0) is 13.8. The normalized spacial score (nSPS) is 10.7. The largest absolute Gasteiger partial charge is 0.394 e. The zero-order valence-corrected chi connectivity index (χ0v) is 11.7. The van der Waals surface area contributed by atoms with Crippen LogP contribution in [0.1, 0.15) is 11.7 Å². The third-order valence-corrected chi connectivity index (χ3v) is 3.07. The average Bonchev–Trinajstić information content (AvgIpc) is 2.80. The summed E-state index contributed by atoms with van der Waals surface area (Å²) < 4.78 is 6.35. The van der Waals surface area contributed by atoms with Crippen LogP contribution in [0.15, 0.2) is 20.0 Å². The van der Waals surface area contributed by atoms with Crippen LogP contribution in [0.2, 0.25) is 0 Å². The number of aryl methyl sites for hydroxylation is 1. The number of rotatable bonds is 5. The summed E-state index contributed by atoms with van der Waals surface area (Å²) in [4.78, 5) is 15.9. The molecule has 0 aliphatic heterocycles. The summed E-state index contributed by atoms with van der Waals surface area (Å²) in [7, 11) is 0. The molecule has 0 saturated carbocycles. The van der Waals surface area contributed by atoms with Crippen molar-refractivity contribution in [3.05, 3.63) is 32.7 Å². The topological polar surface area (TPSA) is 106 Å². The van der Waals surface area contributed by atoms with Crippen LogP contribution < -0.4 is 10.9 Å². The van der Waals surface area contributed by atoms with E-state index in [1.165, 1.54) is 10.9 Å². The van der Waals surface area contributed by atoms with Gasteiger partial charge in [-0.1, -0.05) is 5.16 Å². The van der Waals surface area contributed by atoms with Gasteiger partial charge in [0, 0.05) is 6.92 Å². The molecule has 0 unspecified atom stereocenters. The lowest BCUT2D eigenvalue weighted by Crippen LogP contribution is -2.25. The van der Waals surface area contributed by atoms with E-state index in [2.05, 4.69) is 36.5 Å². The van der Waals surface area contributed by atoms with E-state index < -0.39 is 0 Å². The maximum atomic E-state index is 11.8. The van der Waals surface area contributed by atoms with Crippen molar-refractivity contribution in [2.45, 2.75) is 20.0 Å². The Morgan fingerprint density at radius 1 is 1.58 bits per heavy atom. The minimum absolute atomic E-state index is 0.145. The molecule has 19 heavy (non-hydrogen) atoms. The predicted molar refractivity (Wildman–Crippen MR) is 69.6 cm³/mol. The van der Waals surface area contributed by atoms with Gasteiger partial charge in [0.25, 0.3) is 5.56 Å². The van der Waals surface area contributed by atoms with Crippen LogP contribution in [0, 0.1) is 6.92 Å². The number of aliphatic hydroxyl groups excluding tert-OH is 1. The fourth-order valence-electron chi connectivity index (χ4n) is 1.43. The summed E-state index contributed by atoms with van der Waals surface area (Å²) in [5, 5.41) is 19.4. The molecule has 2 heterocycles. The van der Waals surface area contributed by atoms with E-state index in [-0.39, 0.29) is 18.7 Å². The Balaban J connectivity index is 2.13. The predicted octanol–water partition coefficient (Wildman–Crippen LogP) is 0.302. The van der Waals surface area contributed by atoms with E-state index >= 15 is 0 Å². The fraction of sp³-hybridized carbons (Fsp3) is 0.400. The number of aliphatic hydroxyl groups is 1. The third kappa shape index (κ3) is 3.18. The Morgan fingerprint density at radius 3 is 3.00 bits per heavy atom. The number of hydrogen-bond donors (Lipinski definition) is 2. The van der Waals surface area contributed by atoms with Gasteiger partial charge in [-0.25, -0.2) is 4.68 Å². The highest BCUT2D eigenvalue weighted by molar-refractivity contribution is 9.10. The summed E-state index contributed by atoms with van der Waals surface area (Å²) in [5.74, 6) is 0.969. The number of nitrogens with zero attached hydrogens (tertiary/aromatic N) is 4. The molecule has 2 N–H and O–H groups in total. The maximum Gasteiger partial charge on any atom is 0.283 e. The van der Waals surface area contributed by atoms with Crippen LogP contribution >= 0.6 is 15.9 Å². The molecule has 0 radical (unpaired) electrons. The van der Waals surface area contributed by atoms with E-state index in [1.54, 1.807) is 6.92 Å². The number of nitrogens with one attached hydrogen (secondary N) is 1. The third-order valence-electron chi connectivity index (χ3n) is 2.30. The molecule has 0 spiro atoms. The van der Waals surface area contributed by atoms with Gasteiger partial charge in [-0.2, -0.15) is 10.1 Å². The molecule has 8 nitrogen and oxygen atoms in total. The Bertz CT molecular complexity index is 624. The highest BCUT2D eigenvalue weighted by Crippen LogP contribution is 2.16. The molecule has 2 aromatic heterocycles. The van der Waals surface area contributed by atoms with E-state index in [0.717, 1.165) is 0 Å². The van der Waals surface area contributed by atoms with Crippen molar-refractivity contribution in [2.24, 2.45) is 0 Å². The molecular formula is C10H12BrN5O3. The molecule has 0 saturated heterocycles. The van der Waals surface area contributed by atoms with Crippen molar-refractivity contribution in [1.29, 1.82) is 0 Å². The lowest BCUT2D eigenvalue weighted by atomic mass is 10.4. The molecule has 0 fully saturated rings. The van der Waals surface area contributed by atoms with Crippen LogP contribution in [0.3, 0.4) is 0 Å². The van der Waals surface area contributed by atoms with Crippen molar-refractivity contribution in [1.82, 2.24) is 19.9 Å². The van der Waals surface area contributed by atoms with Gasteiger partial charge in [0.1, 0.15) is 4.47 Å². The molecule has 0 aromatic carbocycles. The molecule has 0 aliphatic carbocycles. The van der Waals surface area contributed by atoms with Gasteiger partial charge in [0.2, 0.25) is 5.89 Å². The number of hydrogen-bond acceptors (Lipinski definition) is 7. The monoisotopic (exact) mass is 329 g/mol. The van der Waals surface area contributed by atoms with Gasteiger partial charge < -0.3 is 14.9 Å². The van der Waals surface area contributed by atoms with Crippen molar-refractivity contribution in [2.75, 3.05) is 11.9 Å². The van der Waals surface area contributed by atoms with Crippen molar-refractivity contribution in [3.63, 3.8) is 0 Å². The van der Waals surface area contributed by atoms with Crippen LogP contribution in [0.4, 0.5) is 5.69 Å². The standard InChI is InChI=1S/C10H12BrN5O3/c1-6-14-8(15-19-6)5-12-7-4-13-16(2-3-17)10(18)9(7)11/h4,12,17H,2-3,5H2,1H3. The summed E-state index contributed by atoms with van der Waals surface area (Å²) in [5.41, 5.74) is 0.213. The van der Waals surface area contributed by atoms with E-state index in [1.807, 2.05) is 0 Å². The molecule has 0 atom stereocenters. The van der Waals surface area contributed by atoms with Gasteiger partial charge >= 0.3 is 0 Å².